The molecule has 1 aliphatic rings. The van der Waals surface area contributed by atoms with Gasteiger partial charge in [0.2, 0.25) is 5.91 Å². The molecule has 0 spiro atoms. The van der Waals surface area contributed by atoms with Crippen molar-refractivity contribution in [3.8, 4) is 0 Å². The lowest BCUT2D eigenvalue weighted by Crippen LogP contribution is -2.41. The molecule has 1 N–H and O–H groups in total. The first-order valence-corrected chi connectivity index (χ1v) is 7.54. The van der Waals surface area contributed by atoms with Crippen LogP contribution >= 0.6 is 27.5 Å². The molecule has 0 bridgehead atoms. The number of nitrogens with zero attached hydrogens (tertiary/aromatic N) is 2. The molecule has 0 aliphatic carbocycles. The number of carbonyl (C=O) groups is 1. The van der Waals surface area contributed by atoms with Gasteiger partial charge in [-0.1, -0.05) is 11.6 Å². The lowest BCUT2D eigenvalue weighted by molar-refractivity contribution is -0.119. The molecule has 1 aromatic heterocycles. The number of halogens is 2. The number of piperidine rings is 1. The van der Waals surface area contributed by atoms with E-state index in [1.807, 2.05) is 6.07 Å². The second-order valence-corrected chi connectivity index (χ2v) is 6.14. The first-order valence-electron chi connectivity index (χ1n) is 6.36. The first-order chi connectivity index (χ1) is 9.06. The maximum Gasteiger partial charge on any atom is 0.216 e. The Morgan fingerprint density at radius 1 is 1.68 bits per heavy atom. The van der Waals surface area contributed by atoms with E-state index in [0.717, 1.165) is 42.8 Å². The Bertz CT molecular complexity index is 469. The zero-order valence-corrected chi connectivity index (χ0v) is 13.2. The number of amides is 1. The molecule has 1 aliphatic heterocycles. The van der Waals surface area contributed by atoms with Crippen LogP contribution in [0.4, 0.5) is 5.82 Å². The fourth-order valence-corrected chi connectivity index (χ4v) is 3.24. The van der Waals surface area contributed by atoms with Crippen LogP contribution in [0.3, 0.4) is 0 Å². The molecule has 4 nitrogen and oxygen atoms in total. The predicted molar refractivity (Wildman–Crippen MR) is 80.6 cm³/mol. The zero-order chi connectivity index (χ0) is 13.8. The minimum absolute atomic E-state index is 0.0305. The minimum Gasteiger partial charge on any atom is -0.356 e. The summed E-state index contributed by atoms with van der Waals surface area (Å²) in [5.74, 6) is 1.43. The van der Waals surface area contributed by atoms with Gasteiger partial charge in [0.05, 0.1) is 9.50 Å². The van der Waals surface area contributed by atoms with Gasteiger partial charge in [0.15, 0.2) is 0 Å². The van der Waals surface area contributed by atoms with Gasteiger partial charge in [-0.05, 0) is 40.8 Å². The number of aromatic nitrogens is 1. The largest absolute Gasteiger partial charge is 0.356 e. The van der Waals surface area contributed by atoms with Gasteiger partial charge in [0, 0.05) is 32.8 Å². The topological polar surface area (TPSA) is 45.2 Å². The fourth-order valence-electron chi connectivity index (χ4n) is 2.35. The van der Waals surface area contributed by atoms with E-state index in [1.54, 1.807) is 13.1 Å². The van der Waals surface area contributed by atoms with Gasteiger partial charge >= 0.3 is 0 Å². The highest BCUT2D eigenvalue weighted by Crippen LogP contribution is 2.29. The highest BCUT2D eigenvalue weighted by molar-refractivity contribution is 9.10. The Balaban J connectivity index is 2.02. The molecule has 2 heterocycles. The van der Waals surface area contributed by atoms with Crippen LogP contribution in [0.1, 0.15) is 19.8 Å². The number of nitrogens with one attached hydrogen (secondary N) is 1. The van der Waals surface area contributed by atoms with Gasteiger partial charge in [-0.3, -0.25) is 4.79 Å². The van der Waals surface area contributed by atoms with Gasteiger partial charge in [-0.15, -0.1) is 0 Å². The number of hydrogen-bond acceptors (Lipinski definition) is 3. The molecule has 1 aromatic rings. The van der Waals surface area contributed by atoms with E-state index < -0.39 is 0 Å². The minimum atomic E-state index is 0.0305. The van der Waals surface area contributed by atoms with Crippen molar-refractivity contribution in [2.24, 2.45) is 5.92 Å². The smallest absolute Gasteiger partial charge is 0.216 e. The van der Waals surface area contributed by atoms with Crippen molar-refractivity contribution in [3.63, 3.8) is 0 Å². The molecule has 1 fully saturated rings. The molecule has 0 aromatic carbocycles. The Labute approximate surface area is 126 Å². The van der Waals surface area contributed by atoms with E-state index in [0.29, 0.717) is 10.9 Å². The Kier molecular flexibility index (Phi) is 5.05. The van der Waals surface area contributed by atoms with Crippen LogP contribution in [0.15, 0.2) is 16.7 Å². The van der Waals surface area contributed by atoms with E-state index in [2.05, 4.69) is 31.1 Å². The highest BCUT2D eigenvalue weighted by Gasteiger charge is 2.22. The third-order valence-electron chi connectivity index (χ3n) is 3.25. The number of anilines is 1. The summed E-state index contributed by atoms with van der Waals surface area (Å²) in [5.41, 5.74) is 0. The molecule has 0 unspecified atom stereocenters. The molecule has 6 heteroatoms. The summed E-state index contributed by atoms with van der Waals surface area (Å²) < 4.78 is 0.917. The van der Waals surface area contributed by atoms with E-state index in [9.17, 15) is 4.79 Å². The van der Waals surface area contributed by atoms with Gasteiger partial charge in [0.1, 0.15) is 5.82 Å². The quantitative estimate of drug-likeness (QED) is 0.915. The van der Waals surface area contributed by atoms with Crippen LogP contribution in [0.25, 0.3) is 0 Å². The zero-order valence-electron chi connectivity index (χ0n) is 10.8. The normalized spacial score (nSPS) is 19.3. The van der Waals surface area contributed by atoms with Crippen molar-refractivity contribution < 1.29 is 4.79 Å². The SMILES string of the molecule is CC(=O)NC[C@H]1CCCN(c2ncc(Cl)cc2Br)C1. The average molecular weight is 347 g/mol. The first kappa shape index (κ1) is 14.6. The molecule has 1 atom stereocenters. The van der Waals surface area contributed by atoms with Crippen LogP contribution in [-0.4, -0.2) is 30.5 Å². The Hall–Kier alpha value is -0.810. The summed E-state index contributed by atoms with van der Waals surface area (Å²) in [6.07, 6.45) is 3.92. The molecule has 19 heavy (non-hydrogen) atoms. The van der Waals surface area contributed by atoms with Crippen LogP contribution in [0.2, 0.25) is 5.02 Å². The number of hydrogen-bond donors (Lipinski definition) is 1. The van der Waals surface area contributed by atoms with E-state index in [-0.39, 0.29) is 5.91 Å². The number of rotatable bonds is 3. The van der Waals surface area contributed by atoms with Crippen molar-refractivity contribution in [2.75, 3.05) is 24.5 Å². The fraction of sp³-hybridized carbons (Fsp3) is 0.538. The molecular weight excluding hydrogens is 330 g/mol. The summed E-state index contributed by atoms with van der Waals surface area (Å²) in [6, 6.07) is 1.86. The van der Waals surface area contributed by atoms with E-state index in [1.165, 1.54) is 0 Å². The molecule has 0 radical (unpaired) electrons. The van der Waals surface area contributed by atoms with Crippen molar-refractivity contribution in [1.29, 1.82) is 0 Å². The predicted octanol–water partition coefficient (Wildman–Crippen LogP) is 2.85. The average Bonchev–Trinajstić information content (AvgIpc) is 2.36. The summed E-state index contributed by atoms with van der Waals surface area (Å²) in [7, 11) is 0. The number of carbonyl (C=O) groups excluding carboxylic acids is 1. The molecule has 104 valence electrons. The maximum absolute atomic E-state index is 11.0. The van der Waals surface area contributed by atoms with Crippen LogP contribution in [0, 0.1) is 5.92 Å². The maximum atomic E-state index is 11.0. The lowest BCUT2D eigenvalue weighted by atomic mass is 9.98. The molecule has 0 saturated carbocycles. The van der Waals surface area contributed by atoms with Gasteiger partial charge in [-0.25, -0.2) is 4.98 Å². The second kappa shape index (κ2) is 6.57. The van der Waals surface area contributed by atoms with Crippen molar-refractivity contribution >= 4 is 39.3 Å². The highest BCUT2D eigenvalue weighted by atomic mass is 79.9. The Morgan fingerprint density at radius 3 is 3.16 bits per heavy atom. The van der Waals surface area contributed by atoms with Crippen LogP contribution in [-0.2, 0) is 4.79 Å². The van der Waals surface area contributed by atoms with Gasteiger partial charge < -0.3 is 10.2 Å². The third kappa shape index (κ3) is 4.08. The third-order valence-corrected chi connectivity index (χ3v) is 4.04. The molecular formula is C13H17BrClN3O. The van der Waals surface area contributed by atoms with Crippen molar-refractivity contribution in [2.45, 2.75) is 19.8 Å². The van der Waals surface area contributed by atoms with Crippen molar-refractivity contribution in [1.82, 2.24) is 10.3 Å². The van der Waals surface area contributed by atoms with E-state index in [4.69, 9.17) is 11.6 Å². The standard InChI is InChI=1S/C13H17BrClN3O/c1-9(19)16-6-10-3-2-4-18(8-10)13-12(14)5-11(15)7-17-13/h5,7,10H,2-4,6,8H2,1H3,(H,16,19)/t10-/m1/s1. The Morgan fingerprint density at radius 2 is 2.47 bits per heavy atom. The second-order valence-electron chi connectivity index (χ2n) is 4.85. The molecule has 1 saturated heterocycles. The monoisotopic (exact) mass is 345 g/mol. The van der Waals surface area contributed by atoms with Crippen LogP contribution in [0.5, 0.6) is 0 Å². The van der Waals surface area contributed by atoms with Gasteiger partial charge in [0.25, 0.3) is 0 Å². The molecule has 2 rings (SSSR count). The number of pyridine rings is 1. The lowest BCUT2D eigenvalue weighted by Gasteiger charge is -2.34. The summed E-state index contributed by atoms with van der Waals surface area (Å²) in [4.78, 5) is 17.6. The van der Waals surface area contributed by atoms with Crippen molar-refractivity contribution in [3.05, 3.63) is 21.8 Å². The van der Waals surface area contributed by atoms with E-state index >= 15 is 0 Å². The summed E-state index contributed by atoms with van der Waals surface area (Å²) in [5, 5.41) is 3.52. The van der Waals surface area contributed by atoms with Crippen LogP contribution < -0.4 is 10.2 Å². The molecule has 1 amide bonds. The van der Waals surface area contributed by atoms with Gasteiger partial charge in [-0.2, -0.15) is 0 Å². The summed E-state index contributed by atoms with van der Waals surface area (Å²) >= 11 is 9.42. The summed E-state index contributed by atoms with van der Waals surface area (Å²) in [6.45, 7) is 4.19.